The summed E-state index contributed by atoms with van der Waals surface area (Å²) >= 11 is 0. The average molecular weight is 254 g/mol. The molecule has 1 aliphatic rings. The summed E-state index contributed by atoms with van der Waals surface area (Å²) in [5, 5.41) is 3.12. The molecular formula is C14H20F2N2. The Kier molecular flexibility index (Phi) is 4.66. The summed E-state index contributed by atoms with van der Waals surface area (Å²) < 4.78 is 27.2. The van der Waals surface area contributed by atoms with Crippen molar-refractivity contribution in [1.29, 1.82) is 0 Å². The zero-order chi connectivity index (χ0) is 13.0. The first-order valence-corrected chi connectivity index (χ1v) is 6.55. The highest BCUT2D eigenvalue weighted by Crippen LogP contribution is 2.15. The van der Waals surface area contributed by atoms with Gasteiger partial charge < -0.3 is 10.2 Å². The molecule has 18 heavy (non-hydrogen) atoms. The van der Waals surface area contributed by atoms with Crippen molar-refractivity contribution in [2.45, 2.75) is 26.3 Å². The summed E-state index contributed by atoms with van der Waals surface area (Å²) in [7, 11) is 0. The lowest BCUT2D eigenvalue weighted by atomic mass is 10.1. The topological polar surface area (TPSA) is 15.3 Å². The number of nitrogens with one attached hydrogen (secondary N) is 1. The fourth-order valence-electron chi connectivity index (χ4n) is 2.33. The molecule has 1 N–H and O–H groups in total. The van der Waals surface area contributed by atoms with Gasteiger partial charge in [0.25, 0.3) is 0 Å². The van der Waals surface area contributed by atoms with E-state index in [-0.39, 0.29) is 12.1 Å². The third-order valence-corrected chi connectivity index (χ3v) is 3.48. The standard InChI is InChI=1S/C14H20F2N2/c1-11-4-5-13(15)12(14(11)16)10-17-6-9-18-7-2-3-8-18/h4-5,17H,2-3,6-10H2,1H3. The van der Waals surface area contributed by atoms with E-state index in [0.717, 1.165) is 26.2 Å². The van der Waals surface area contributed by atoms with Crippen molar-refractivity contribution in [3.8, 4) is 0 Å². The number of aryl methyl sites for hydroxylation is 1. The minimum atomic E-state index is -0.466. The van der Waals surface area contributed by atoms with Crippen LogP contribution >= 0.6 is 0 Å². The Bertz CT molecular complexity index is 401. The predicted octanol–water partition coefficient (Wildman–Crippen LogP) is 2.46. The van der Waals surface area contributed by atoms with Crippen LogP contribution in [0.1, 0.15) is 24.0 Å². The highest BCUT2D eigenvalue weighted by Gasteiger charge is 2.12. The first kappa shape index (κ1) is 13.4. The lowest BCUT2D eigenvalue weighted by molar-refractivity contribution is 0.334. The number of hydrogen-bond acceptors (Lipinski definition) is 2. The van der Waals surface area contributed by atoms with Crippen molar-refractivity contribution in [3.63, 3.8) is 0 Å². The maximum atomic E-state index is 13.7. The number of likely N-dealkylation sites (tertiary alicyclic amines) is 1. The number of rotatable bonds is 5. The van der Waals surface area contributed by atoms with Crippen LogP contribution in [-0.4, -0.2) is 31.1 Å². The predicted molar refractivity (Wildman–Crippen MR) is 68.5 cm³/mol. The van der Waals surface area contributed by atoms with Gasteiger partial charge in [0, 0.05) is 25.2 Å². The summed E-state index contributed by atoms with van der Waals surface area (Å²) in [5.41, 5.74) is 0.643. The van der Waals surface area contributed by atoms with E-state index in [9.17, 15) is 8.78 Å². The van der Waals surface area contributed by atoms with Crippen LogP contribution in [0.3, 0.4) is 0 Å². The SMILES string of the molecule is Cc1ccc(F)c(CNCCN2CCCC2)c1F. The van der Waals surface area contributed by atoms with Crippen molar-refractivity contribution in [3.05, 3.63) is 34.9 Å². The lowest BCUT2D eigenvalue weighted by Gasteiger charge is -2.15. The van der Waals surface area contributed by atoms with E-state index >= 15 is 0 Å². The minimum Gasteiger partial charge on any atom is -0.311 e. The Balaban J connectivity index is 1.80. The molecule has 0 amide bonds. The van der Waals surface area contributed by atoms with Crippen LogP contribution in [0, 0.1) is 18.6 Å². The van der Waals surface area contributed by atoms with Gasteiger partial charge in [-0.2, -0.15) is 0 Å². The van der Waals surface area contributed by atoms with E-state index in [2.05, 4.69) is 10.2 Å². The van der Waals surface area contributed by atoms with Crippen LogP contribution in [0.4, 0.5) is 8.78 Å². The molecule has 0 aliphatic carbocycles. The number of hydrogen-bond donors (Lipinski definition) is 1. The normalized spacial score (nSPS) is 16.4. The molecule has 2 nitrogen and oxygen atoms in total. The summed E-state index contributed by atoms with van der Waals surface area (Å²) in [6, 6.07) is 2.80. The van der Waals surface area contributed by atoms with Crippen molar-refractivity contribution in [2.24, 2.45) is 0 Å². The molecule has 0 aromatic heterocycles. The van der Waals surface area contributed by atoms with E-state index in [1.807, 2.05) is 0 Å². The molecule has 4 heteroatoms. The first-order valence-electron chi connectivity index (χ1n) is 6.55. The van der Waals surface area contributed by atoms with Gasteiger partial charge >= 0.3 is 0 Å². The monoisotopic (exact) mass is 254 g/mol. The molecule has 1 fully saturated rings. The highest BCUT2D eigenvalue weighted by molar-refractivity contribution is 5.26. The molecule has 0 radical (unpaired) electrons. The molecule has 0 saturated carbocycles. The molecule has 1 aromatic rings. The Labute approximate surface area is 107 Å². The van der Waals surface area contributed by atoms with E-state index in [1.54, 1.807) is 6.92 Å². The quantitative estimate of drug-likeness (QED) is 0.812. The van der Waals surface area contributed by atoms with Crippen LogP contribution in [0.2, 0.25) is 0 Å². The van der Waals surface area contributed by atoms with Crippen molar-refractivity contribution >= 4 is 0 Å². The molecule has 1 saturated heterocycles. The van der Waals surface area contributed by atoms with Gasteiger partial charge in [-0.1, -0.05) is 6.07 Å². The molecular weight excluding hydrogens is 234 g/mol. The van der Waals surface area contributed by atoms with Crippen LogP contribution in [0.15, 0.2) is 12.1 Å². The Morgan fingerprint density at radius 3 is 2.67 bits per heavy atom. The fourth-order valence-corrected chi connectivity index (χ4v) is 2.33. The minimum absolute atomic E-state index is 0.149. The van der Waals surface area contributed by atoms with Gasteiger partial charge in [-0.15, -0.1) is 0 Å². The van der Waals surface area contributed by atoms with Crippen molar-refractivity contribution < 1.29 is 8.78 Å². The van der Waals surface area contributed by atoms with E-state index in [0.29, 0.717) is 5.56 Å². The summed E-state index contributed by atoms with van der Waals surface area (Å²) in [6.45, 7) is 5.93. The smallest absolute Gasteiger partial charge is 0.133 e. The third kappa shape index (κ3) is 3.27. The molecule has 1 aliphatic heterocycles. The second kappa shape index (κ2) is 6.25. The molecule has 1 heterocycles. The van der Waals surface area contributed by atoms with Crippen LogP contribution in [0.25, 0.3) is 0 Å². The van der Waals surface area contributed by atoms with E-state index in [1.165, 1.54) is 25.0 Å². The number of benzene rings is 1. The maximum Gasteiger partial charge on any atom is 0.133 e. The summed E-state index contributed by atoms with van der Waals surface area (Å²) in [4.78, 5) is 2.37. The Hall–Kier alpha value is -1.00. The van der Waals surface area contributed by atoms with Gasteiger partial charge in [-0.05, 0) is 44.5 Å². The molecule has 1 aromatic carbocycles. The Morgan fingerprint density at radius 1 is 1.22 bits per heavy atom. The van der Waals surface area contributed by atoms with Crippen LogP contribution in [-0.2, 0) is 6.54 Å². The molecule has 0 bridgehead atoms. The lowest BCUT2D eigenvalue weighted by Crippen LogP contribution is -2.30. The second-order valence-corrected chi connectivity index (χ2v) is 4.88. The van der Waals surface area contributed by atoms with Gasteiger partial charge in [0.1, 0.15) is 11.6 Å². The second-order valence-electron chi connectivity index (χ2n) is 4.88. The average Bonchev–Trinajstić information content (AvgIpc) is 2.86. The van der Waals surface area contributed by atoms with E-state index < -0.39 is 11.6 Å². The van der Waals surface area contributed by atoms with Gasteiger partial charge in [0.15, 0.2) is 0 Å². The molecule has 0 atom stereocenters. The Morgan fingerprint density at radius 2 is 1.94 bits per heavy atom. The zero-order valence-electron chi connectivity index (χ0n) is 10.8. The molecule has 0 unspecified atom stereocenters. The van der Waals surface area contributed by atoms with E-state index in [4.69, 9.17) is 0 Å². The van der Waals surface area contributed by atoms with Gasteiger partial charge in [-0.3, -0.25) is 0 Å². The molecule has 2 rings (SSSR count). The van der Waals surface area contributed by atoms with Crippen LogP contribution < -0.4 is 5.32 Å². The maximum absolute atomic E-state index is 13.7. The summed E-state index contributed by atoms with van der Waals surface area (Å²) in [5.74, 6) is -0.893. The zero-order valence-corrected chi connectivity index (χ0v) is 10.8. The van der Waals surface area contributed by atoms with Gasteiger partial charge in [0.2, 0.25) is 0 Å². The fraction of sp³-hybridized carbons (Fsp3) is 0.571. The summed E-state index contributed by atoms with van der Waals surface area (Å²) in [6.07, 6.45) is 2.53. The number of halogens is 2. The van der Waals surface area contributed by atoms with Crippen molar-refractivity contribution in [2.75, 3.05) is 26.2 Å². The number of nitrogens with zero attached hydrogens (tertiary/aromatic N) is 1. The van der Waals surface area contributed by atoms with Gasteiger partial charge in [0.05, 0.1) is 0 Å². The first-order chi connectivity index (χ1) is 8.68. The van der Waals surface area contributed by atoms with Gasteiger partial charge in [-0.25, -0.2) is 8.78 Å². The van der Waals surface area contributed by atoms with Crippen molar-refractivity contribution in [1.82, 2.24) is 10.2 Å². The largest absolute Gasteiger partial charge is 0.311 e. The van der Waals surface area contributed by atoms with Crippen LogP contribution in [0.5, 0.6) is 0 Å². The highest BCUT2D eigenvalue weighted by atomic mass is 19.1. The third-order valence-electron chi connectivity index (χ3n) is 3.48. The molecule has 100 valence electrons. The molecule has 0 spiro atoms.